The summed E-state index contributed by atoms with van der Waals surface area (Å²) in [7, 11) is 0. The summed E-state index contributed by atoms with van der Waals surface area (Å²) in [5.41, 5.74) is 0. The van der Waals surface area contributed by atoms with Crippen LogP contribution in [-0.4, -0.2) is 68.8 Å². The Bertz CT molecular complexity index is 291. The number of hydrogen-bond donors (Lipinski definition) is 3. The molecule has 3 N–H and O–H groups in total. The molecule has 1 aliphatic rings. The molecule has 0 aliphatic carbocycles. The van der Waals surface area contributed by atoms with Gasteiger partial charge >= 0.3 is 6.03 Å². The average Bonchev–Trinajstić information content (AvgIpc) is 2.37. The number of urea groups is 1. The highest BCUT2D eigenvalue weighted by Gasteiger charge is 2.10. The molecule has 0 spiro atoms. The number of hydrogen-bond acceptors (Lipinski definition) is 4. The first kappa shape index (κ1) is 15.7. The van der Waals surface area contributed by atoms with Gasteiger partial charge in [0.05, 0.1) is 19.8 Å². The fourth-order valence-electron chi connectivity index (χ4n) is 1.71. The first-order valence-corrected chi connectivity index (χ1v) is 6.69. The number of amides is 3. The highest BCUT2D eigenvalue weighted by atomic mass is 16.5. The van der Waals surface area contributed by atoms with E-state index in [1.54, 1.807) is 0 Å². The van der Waals surface area contributed by atoms with Gasteiger partial charge in [-0.3, -0.25) is 9.69 Å². The van der Waals surface area contributed by atoms with Crippen molar-refractivity contribution in [1.82, 2.24) is 20.9 Å². The Labute approximate surface area is 114 Å². The van der Waals surface area contributed by atoms with Crippen molar-refractivity contribution in [2.75, 3.05) is 45.9 Å². The molecular weight excluding hydrogens is 248 g/mol. The smallest absolute Gasteiger partial charge is 0.315 e. The van der Waals surface area contributed by atoms with Gasteiger partial charge in [-0.2, -0.15) is 0 Å². The van der Waals surface area contributed by atoms with E-state index in [4.69, 9.17) is 4.74 Å². The minimum absolute atomic E-state index is 0.00165. The third-order valence-corrected chi connectivity index (χ3v) is 2.68. The molecule has 0 bridgehead atoms. The van der Waals surface area contributed by atoms with Crippen molar-refractivity contribution in [2.45, 2.75) is 19.9 Å². The van der Waals surface area contributed by atoms with Crippen molar-refractivity contribution >= 4 is 11.9 Å². The zero-order valence-electron chi connectivity index (χ0n) is 11.7. The lowest BCUT2D eigenvalue weighted by molar-refractivity contribution is -0.120. The largest absolute Gasteiger partial charge is 0.379 e. The predicted molar refractivity (Wildman–Crippen MR) is 71.9 cm³/mol. The van der Waals surface area contributed by atoms with Gasteiger partial charge in [0.25, 0.3) is 0 Å². The number of nitrogens with one attached hydrogen (secondary N) is 3. The standard InChI is InChI=1S/C12H24N4O3/c1-10(2)15-12(18)14-9-11(17)13-3-4-16-5-7-19-8-6-16/h10H,3-9H2,1-2H3,(H,13,17)(H2,14,15,18). The van der Waals surface area contributed by atoms with Crippen LogP contribution in [0, 0.1) is 0 Å². The zero-order chi connectivity index (χ0) is 14.1. The second-order valence-corrected chi connectivity index (χ2v) is 4.79. The summed E-state index contributed by atoms with van der Waals surface area (Å²) in [5.74, 6) is -0.174. The van der Waals surface area contributed by atoms with Gasteiger partial charge < -0.3 is 20.7 Å². The van der Waals surface area contributed by atoms with Crippen LogP contribution in [0.1, 0.15) is 13.8 Å². The predicted octanol–water partition coefficient (Wildman–Crippen LogP) is -0.858. The molecule has 0 aromatic heterocycles. The molecule has 1 aliphatic heterocycles. The highest BCUT2D eigenvalue weighted by Crippen LogP contribution is 1.94. The Balaban J connectivity index is 2.02. The van der Waals surface area contributed by atoms with Crippen LogP contribution in [0.2, 0.25) is 0 Å². The topological polar surface area (TPSA) is 82.7 Å². The maximum Gasteiger partial charge on any atom is 0.315 e. The van der Waals surface area contributed by atoms with Crippen molar-refractivity contribution in [3.63, 3.8) is 0 Å². The molecular formula is C12H24N4O3. The fourth-order valence-corrected chi connectivity index (χ4v) is 1.71. The number of nitrogens with zero attached hydrogens (tertiary/aromatic N) is 1. The zero-order valence-corrected chi connectivity index (χ0v) is 11.7. The average molecular weight is 272 g/mol. The van der Waals surface area contributed by atoms with Gasteiger partial charge in [-0.1, -0.05) is 0 Å². The van der Waals surface area contributed by atoms with E-state index in [-0.39, 0.29) is 24.5 Å². The SMILES string of the molecule is CC(C)NC(=O)NCC(=O)NCCN1CCOCC1. The molecule has 0 radical (unpaired) electrons. The van der Waals surface area contributed by atoms with Crippen LogP contribution >= 0.6 is 0 Å². The third kappa shape index (κ3) is 7.63. The Morgan fingerprint density at radius 3 is 2.53 bits per heavy atom. The van der Waals surface area contributed by atoms with Gasteiger partial charge in [0.1, 0.15) is 0 Å². The lowest BCUT2D eigenvalue weighted by Crippen LogP contribution is -2.46. The molecule has 1 fully saturated rings. The normalized spacial score (nSPS) is 16.2. The van der Waals surface area contributed by atoms with Crippen LogP contribution in [0.15, 0.2) is 0 Å². The monoisotopic (exact) mass is 272 g/mol. The van der Waals surface area contributed by atoms with E-state index in [1.807, 2.05) is 13.8 Å². The molecule has 0 unspecified atom stereocenters. The van der Waals surface area contributed by atoms with E-state index >= 15 is 0 Å². The Hall–Kier alpha value is -1.34. The summed E-state index contributed by atoms with van der Waals surface area (Å²) in [5, 5.41) is 7.93. The number of ether oxygens (including phenoxy) is 1. The summed E-state index contributed by atoms with van der Waals surface area (Å²) in [4.78, 5) is 25.0. The molecule has 3 amide bonds. The quantitative estimate of drug-likeness (QED) is 0.588. The van der Waals surface area contributed by atoms with Gasteiger partial charge in [-0.15, -0.1) is 0 Å². The van der Waals surface area contributed by atoms with Gasteiger partial charge in [-0.25, -0.2) is 4.79 Å². The van der Waals surface area contributed by atoms with Crippen molar-refractivity contribution in [3.8, 4) is 0 Å². The van der Waals surface area contributed by atoms with E-state index in [0.29, 0.717) is 6.54 Å². The molecule has 0 saturated carbocycles. The number of rotatable bonds is 6. The molecule has 110 valence electrons. The van der Waals surface area contributed by atoms with Gasteiger partial charge in [0, 0.05) is 32.2 Å². The van der Waals surface area contributed by atoms with Crippen LogP contribution in [0.4, 0.5) is 4.79 Å². The van der Waals surface area contributed by atoms with Crippen molar-refractivity contribution in [2.24, 2.45) is 0 Å². The maximum atomic E-state index is 11.5. The Morgan fingerprint density at radius 1 is 1.21 bits per heavy atom. The van der Waals surface area contributed by atoms with Gasteiger partial charge in [0.2, 0.25) is 5.91 Å². The van der Waals surface area contributed by atoms with Crippen LogP contribution in [0.5, 0.6) is 0 Å². The molecule has 7 heteroatoms. The van der Waals surface area contributed by atoms with E-state index in [2.05, 4.69) is 20.9 Å². The maximum absolute atomic E-state index is 11.5. The molecule has 1 saturated heterocycles. The first-order valence-electron chi connectivity index (χ1n) is 6.69. The van der Waals surface area contributed by atoms with Crippen molar-refractivity contribution in [3.05, 3.63) is 0 Å². The Kier molecular flexibility index (Phi) is 7.20. The van der Waals surface area contributed by atoms with Gasteiger partial charge in [0.15, 0.2) is 0 Å². The van der Waals surface area contributed by atoms with E-state index in [0.717, 1.165) is 32.8 Å². The van der Waals surface area contributed by atoms with Crippen molar-refractivity contribution in [1.29, 1.82) is 0 Å². The van der Waals surface area contributed by atoms with Crippen LogP contribution < -0.4 is 16.0 Å². The van der Waals surface area contributed by atoms with E-state index in [9.17, 15) is 9.59 Å². The molecule has 1 rings (SSSR count). The summed E-state index contributed by atoms with van der Waals surface area (Å²) in [6, 6.07) is -0.261. The van der Waals surface area contributed by atoms with E-state index in [1.165, 1.54) is 0 Å². The number of carbonyl (C=O) groups is 2. The molecule has 0 aromatic rings. The summed E-state index contributed by atoms with van der Waals surface area (Å²) < 4.78 is 5.24. The fraction of sp³-hybridized carbons (Fsp3) is 0.833. The second kappa shape index (κ2) is 8.71. The van der Waals surface area contributed by atoms with E-state index < -0.39 is 0 Å². The summed E-state index contributed by atoms with van der Waals surface area (Å²) >= 11 is 0. The number of morpholine rings is 1. The van der Waals surface area contributed by atoms with Crippen LogP contribution in [-0.2, 0) is 9.53 Å². The van der Waals surface area contributed by atoms with Crippen molar-refractivity contribution < 1.29 is 14.3 Å². The third-order valence-electron chi connectivity index (χ3n) is 2.68. The van der Waals surface area contributed by atoms with Gasteiger partial charge in [-0.05, 0) is 13.8 Å². The first-order chi connectivity index (χ1) is 9.08. The molecule has 7 nitrogen and oxygen atoms in total. The van der Waals surface area contributed by atoms with Crippen LogP contribution in [0.3, 0.4) is 0 Å². The lowest BCUT2D eigenvalue weighted by atomic mass is 10.4. The minimum atomic E-state index is -0.321. The molecule has 19 heavy (non-hydrogen) atoms. The summed E-state index contributed by atoms with van der Waals surface area (Å²) in [6.45, 7) is 8.46. The Morgan fingerprint density at radius 2 is 1.89 bits per heavy atom. The minimum Gasteiger partial charge on any atom is -0.379 e. The summed E-state index contributed by atoms with van der Waals surface area (Å²) in [6.07, 6.45) is 0. The molecule has 0 atom stereocenters. The second-order valence-electron chi connectivity index (χ2n) is 4.79. The number of carbonyl (C=O) groups excluding carboxylic acids is 2. The lowest BCUT2D eigenvalue weighted by Gasteiger charge is -2.26. The molecule has 0 aromatic carbocycles. The molecule has 1 heterocycles. The van der Waals surface area contributed by atoms with Crippen LogP contribution in [0.25, 0.3) is 0 Å². The highest BCUT2D eigenvalue weighted by molar-refractivity contribution is 5.83.